The molecule has 3 N–H and O–H groups in total. The predicted octanol–water partition coefficient (Wildman–Crippen LogP) is 2.52. The van der Waals surface area contributed by atoms with Crippen LogP contribution in [0.3, 0.4) is 0 Å². The molecule has 0 spiro atoms. The Balaban J connectivity index is 2.70. The van der Waals surface area contributed by atoms with Gasteiger partial charge >= 0.3 is 0 Å². The maximum Gasteiger partial charge on any atom is 0.166 e. The zero-order chi connectivity index (χ0) is 11.3. The largest absolute Gasteiger partial charge is 0.365 e. The lowest BCUT2D eigenvalue weighted by Gasteiger charge is -2.16. The van der Waals surface area contributed by atoms with Crippen LogP contribution in [0.2, 0.25) is 0 Å². The number of anilines is 1. The Bertz CT molecular complexity index is 320. The highest BCUT2D eigenvalue weighted by atomic mass is 79.9. The molecule has 5 heteroatoms. The lowest BCUT2D eigenvalue weighted by atomic mass is 10.1. The Morgan fingerprint density at radius 3 is 2.93 bits per heavy atom. The van der Waals surface area contributed by atoms with Gasteiger partial charge in [-0.3, -0.25) is 0 Å². The fourth-order valence-corrected chi connectivity index (χ4v) is 1.60. The van der Waals surface area contributed by atoms with E-state index in [4.69, 9.17) is 5.73 Å². The summed E-state index contributed by atoms with van der Waals surface area (Å²) in [6.45, 7) is 2.62. The molecule has 1 aromatic heterocycles. The van der Waals surface area contributed by atoms with Crippen molar-refractivity contribution < 1.29 is 4.39 Å². The van der Waals surface area contributed by atoms with Crippen LogP contribution < -0.4 is 11.1 Å². The van der Waals surface area contributed by atoms with Gasteiger partial charge in [0.25, 0.3) is 0 Å². The van der Waals surface area contributed by atoms with Crippen LogP contribution in [0.5, 0.6) is 0 Å². The van der Waals surface area contributed by atoms with Gasteiger partial charge in [-0.15, -0.1) is 0 Å². The van der Waals surface area contributed by atoms with Crippen molar-refractivity contribution in [2.45, 2.75) is 25.8 Å². The van der Waals surface area contributed by atoms with E-state index in [-0.39, 0.29) is 11.9 Å². The van der Waals surface area contributed by atoms with Crippen LogP contribution in [-0.4, -0.2) is 17.6 Å². The van der Waals surface area contributed by atoms with Gasteiger partial charge in [0.15, 0.2) is 11.6 Å². The van der Waals surface area contributed by atoms with E-state index in [0.29, 0.717) is 16.8 Å². The molecular weight excluding hydrogens is 261 g/mol. The summed E-state index contributed by atoms with van der Waals surface area (Å²) in [6.07, 6.45) is 3.28. The van der Waals surface area contributed by atoms with E-state index < -0.39 is 0 Å². The first kappa shape index (κ1) is 12.4. The number of pyridine rings is 1. The van der Waals surface area contributed by atoms with Crippen molar-refractivity contribution in [3.05, 3.63) is 22.6 Å². The molecule has 84 valence electrons. The van der Waals surface area contributed by atoms with Gasteiger partial charge in [0.05, 0.1) is 0 Å². The molecule has 15 heavy (non-hydrogen) atoms. The Morgan fingerprint density at radius 2 is 2.40 bits per heavy atom. The van der Waals surface area contributed by atoms with E-state index in [0.717, 1.165) is 12.8 Å². The van der Waals surface area contributed by atoms with Crippen molar-refractivity contribution in [1.29, 1.82) is 0 Å². The molecule has 1 unspecified atom stereocenters. The molecule has 1 atom stereocenters. The van der Waals surface area contributed by atoms with Crippen LogP contribution in [-0.2, 0) is 0 Å². The van der Waals surface area contributed by atoms with Crippen molar-refractivity contribution in [1.82, 2.24) is 4.98 Å². The van der Waals surface area contributed by atoms with Gasteiger partial charge in [-0.25, -0.2) is 9.37 Å². The minimum absolute atomic E-state index is 0.179. The second-order valence-electron chi connectivity index (χ2n) is 3.31. The quantitative estimate of drug-likeness (QED) is 0.868. The molecule has 0 fully saturated rings. The van der Waals surface area contributed by atoms with Crippen molar-refractivity contribution >= 4 is 21.7 Å². The highest BCUT2D eigenvalue weighted by Crippen LogP contribution is 2.17. The molecule has 3 nitrogen and oxygen atoms in total. The SMILES string of the molecule is CCC(CCN)Nc1ncc(Br)cc1F. The Labute approximate surface area is 97.4 Å². The molecule has 0 saturated carbocycles. The monoisotopic (exact) mass is 275 g/mol. The third-order valence-corrected chi connectivity index (χ3v) is 2.59. The Hall–Kier alpha value is -0.680. The first-order valence-electron chi connectivity index (χ1n) is 4.95. The van der Waals surface area contributed by atoms with Gasteiger partial charge in [-0.2, -0.15) is 0 Å². The van der Waals surface area contributed by atoms with E-state index in [1.165, 1.54) is 6.07 Å². The average Bonchev–Trinajstić information content (AvgIpc) is 2.21. The fourth-order valence-electron chi connectivity index (χ4n) is 1.29. The summed E-state index contributed by atoms with van der Waals surface area (Å²) >= 11 is 3.16. The summed E-state index contributed by atoms with van der Waals surface area (Å²) in [5.41, 5.74) is 5.46. The summed E-state index contributed by atoms with van der Waals surface area (Å²) in [5.74, 6) is -0.0571. The van der Waals surface area contributed by atoms with Gasteiger partial charge in [-0.05, 0) is 41.4 Å². The van der Waals surface area contributed by atoms with E-state index in [2.05, 4.69) is 26.2 Å². The molecule has 0 radical (unpaired) electrons. The summed E-state index contributed by atoms with van der Waals surface area (Å²) in [4.78, 5) is 3.97. The number of aromatic nitrogens is 1. The van der Waals surface area contributed by atoms with Crippen LogP contribution >= 0.6 is 15.9 Å². The number of rotatable bonds is 5. The number of hydrogen-bond acceptors (Lipinski definition) is 3. The van der Waals surface area contributed by atoms with Crippen LogP contribution in [0, 0.1) is 5.82 Å². The van der Waals surface area contributed by atoms with Crippen molar-refractivity contribution in [2.75, 3.05) is 11.9 Å². The second-order valence-corrected chi connectivity index (χ2v) is 4.23. The molecule has 1 aromatic rings. The molecule has 0 aromatic carbocycles. The third kappa shape index (κ3) is 3.76. The Morgan fingerprint density at radius 1 is 1.67 bits per heavy atom. The van der Waals surface area contributed by atoms with Crippen LogP contribution in [0.15, 0.2) is 16.7 Å². The van der Waals surface area contributed by atoms with Crippen LogP contribution in [0.1, 0.15) is 19.8 Å². The maximum absolute atomic E-state index is 13.4. The highest BCUT2D eigenvalue weighted by molar-refractivity contribution is 9.10. The second kappa shape index (κ2) is 6.02. The summed E-state index contributed by atoms with van der Waals surface area (Å²) in [5, 5.41) is 3.04. The summed E-state index contributed by atoms with van der Waals surface area (Å²) in [6, 6.07) is 1.57. The van der Waals surface area contributed by atoms with Gasteiger partial charge < -0.3 is 11.1 Å². The summed E-state index contributed by atoms with van der Waals surface area (Å²) in [7, 11) is 0. The fraction of sp³-hybridized carbons (Fsp3) is 0.500. The van der Waals surface area contributed by atoms with Gasteiger partial charge in [-0.1, -0.05) is 6.92 Å². The van der Waals surface area contributed by atoms with E-state index in [1.807, 2.05) is 6.92 Å². The van der Waals surface area contributed by atoms with Crippen LogP contribution in [0.4, 0.5) is 10.2 Å². The normalized spacial score (nSPS) is 12.5. The number of nitrogens with two attached hydrogens (primary N) is 1. The third-order valence-electron chi connectivity index (χ3n) is 2.16. The highest BCUT2D eigenvalue weighted by Gasteiger charge is 2.09. The van der Waals surface area contributed by atoms with Crippen molar-refractivity contribution in [3.63, 3.8) is 0 Å². The predicted molar refractivity (Wildman–Crippen MR) is 63.3 cm³/mol. The molecule has 1 heterocycles. The lowest BCUT2D eigenvalue weighted by molar-refractivity contribution is 0.600. The van der Waals surface area contributed by atoms with Crippen molar-refractivity contribution in [2.24, 2.45) is 5.73 Å². The minimum Gasteiger partial charge on any atom is -0.365 e. The molecule has 0 aliphatic heterocycles. The van der Waals surface area contributed by atoms with Gasteiger partial charge in [0.1, 0.15) is 0 Å². The number of halogens is 2. The van der Waals surface area contributed by atoms with Gasteiger partial charge in [0, 0.05) is 16.7 Å². The van der Waals surface area contributed by atoms with Gasteiger partial charge in [0.2, 0.25) is 0 Å². The average molecular weight is 276 g/mol. The van der Waals surface area contributed by atoms with Crippen molar-refractivity contribution in [3.8, 4) is 0 Å². The number of nitrogens with zero attached hydrogens (tertiary/aromatic N) is 1. The number of hydrogen-bond donors (Lipinski definition) is 2. The topological polar surface area (TPSA) is 50.9 Å². The first-order valence-corrected chi connectivity index (χ1v) is 5.74. The zero-order valence-electron chi connectivity index (χ0n) is 8.63. The maximum atomic E-state index is 13.4. The first-order chi connectivity index (χ1) is 7.17. The number of nitrogens with one attached hydrogen (secondary N) is 1. The molecule has 0 aliphatic rings. The minimum atomic E-state index is -0.347. The molecular formula is C10H15BrFN3. The molecule has 0 saturated heterocycles. The molecule has 0 bridgehead atoms. The Kier molecular flexibility index (Phi) is 4.98. The van der Waals surface area contributed by atoms with E-state index >= 15 is 0 Å². The van der Waals surface area contributed by atoms with Crippen LogP contribution in [0.25, 0.3) is 0 Å². The molecule has 0 amide bonds. The van der Waals surface area contributed by atoms with E-state index in [1.54, 1.807) is 6.20 Å². The smallest absolute Gasteiger partial charge is 0.166 e. The lowest BCUT2D eigenvalue weighted by Crippen LogP contribution is -2.23. The standard InChI is InChI=1S/C10H15BrFN3/c1-2-8(3-4-13)15-10-9(12)5-7(11)6-14-10/h5-6,8H,2-4,13H2,1H3,(H,14,15). The zero-order valence-corrected chi connectivity index (χ0v) is 10.2. The molecule has 1 rings (SSSR count). The molecule has 0 aliphatic carbocycles. The summed E-state index contributed by atoms with van der Waals surface area (Å²) < 4.78 is 14.0. The van der Waals surface area contributed by atoms with E-state index in [9.17, 15) is 4.39 Å².